The summed E-state index contributed by atoms with van der Waals surface area (Å²) in [6.45, 7) is 13.5. The first-order valence-corrected chi connectivity index (χ1v) is 27.5. The minimum Gasteiger partial charge on any atom is -0.460 e. The Labute approximate surface area is 441 Å². The average Bonchev–Trinajstić information content (AvgIpc) is 3.39. The Morgan fingerprint density at radius 2 is 1.57 bits per heavy atom. The zero-order chi connectivity index (χ0) is 54.1. The van der Waals surface area contributed by atoms with E-state index in [-0.39, 0.29) is 60.9 Å². The third-order valence-electron chi connectivity index (χ3n) is 16.2. The van der Waals surface area contributed by atoms with Crippen molar-refractivity contribution in [3.8, 4) is 0 Å². The molecule has 412 valence electrons. The highest BCUT2D eigenvalue weighted by Crippen LogP contribution is 2.38. The van der Waals surface area contributed by atoms with Gasteiger partial charge in [0.05, 0.1) is 24.4 Å². The molecule has 1 aromatic rings. The maximum Gasteiger partial charge on any atom is 0.329 e. The van der Waals surface area contributed by atoms with Crippen molar-refractivity contribution in [2.75, 3.05) is 34.5 Å². The summed E-state index contributed by atoms with van der Waals surface area (Å²) in [6, 6.07) is 9.19. The Morgan fingerprint density at radius 3 is 2.27 bits per heavy atom. The molecular weight excluding hydrogens is 943 g/mol. The number of aryl methyl sites for hydroxylation is 1. The van der Waals surface area contributed by atoms with E-state index in [0.717, 1.165) is 37.7 Å². The van der Waals surface area contributed by atoms with Gasteiger partial charge in [0.25, 0.3) is 11.7 Å². The first-order chi connectivity index (χ1) is 35.3. The van der Waals surface area contributed by atoms with E-state index in [0.29, 0.717) is 57.1 Å². The number of ether oxygens (including phenoxy) is 6. The van der Waals surface area contributed by atoms with Crippen LogP contribution in [-0.4, -0.2) is 133 Å². The Kier molecular flexibility index (Phi) is 24.1. The number of methoxy groups -OCH3 is 3. The number of ketones is 3. The molecule has 2 saturated heterocycles. The molecule has 2 bridgehead atoms. The Hall–Kier alpha value is -4.15. The van der Waals surface area contributed by atoms with Gasteiger partial charge in [-0.1, -0.05) is 101 Å². The smallest absolute Gasteiger partial charge is 0.329 e. The molecule has 1 unspecified atom stereocenters. The number of cyclic esters (lactones) is 1. The van der Waals surface area contributed by atoms with Gasteiger partial charge >= 0.3 is 5.97 Å². The maximum absolute atomic E-state index is 14.6. The highest BCUT2D eigenvalue weighted by molar-refractivity contribution is 6.39. The number of fused-ring (bicyclic) bond motifs is 3. The molecule has 1 aromatic carbocycles. The number of piperidine rings is 1. The van der Waals surface area contributed by atoms with Crippen molar-refractivity contribution in [3.05, 3.63) is 83.5 Å². The molecule has 4 aliphatic rings. The van der Waals surface area contributed by atoms with Crippen LogP contribution in [0.3, 0.4) is 0 Å². The molecule has 0 radical (unpaired) electrons. The second kappa shape index (κ2) is 29.4. The van der Waals surface area contributed by atoms with Crippen molar-refractivity contribution in [1.29, 1.82) is 0 Å². The number of rotatable bonds is 11. The van der Waals surface area contributed by atoms with Gasteiger partial charge in [0.15, 0.2) is 5.78 Å². The number of carbonyl (C=O) groups excluding carboxylic acids is 5. The summed E-state index contributed by atoms with van der Waals surface area (Å²) in [5, 5.41) is 23.6. The van der Waals surface area contributed by atoms with E-state index in [1.807, 2.05) is 76.3 Å². The van der Waals surface area contributed by atoms with E-state index in [1.165, 1.54) is 17.6 Å². The lowest BCUT2D eigenvalue weighted by atomic mass is 9.78. The molecule has 3 fully saturated rings. The Morgan fingerprint density at radius 1 is 0.824 bits per heavy atom. The SMILES string of the molecule is CO[C@H]1C[C@@H]2CC[C@@H](C)[C@@](O)(O2)C(=O)C(=O)N2CCCC[C@H]2C(=O)O[C@H](C(C)C[C@@H]2CC[C@@H](OCCCc3ccccc3)[C@H](OC)C2)CC(=O)[C@H](C)/C=C(\C)[C@@H](O)[C@@H](OC)C(=O)[C@H](C)C[C@H](C)/C=C/C=C/C=C/1C. The second-order valence-electron chi connectivity index (χ2n) is 22.0. The van der Waals surface area contributed by atoms with Gasteiger partial charge in [-0.3, -0.25) is 19.2 Å². The van der Waals surface area contributed by atoms with Gasteiger partial charge in [-0.15, -0.1) is 0 Å². The molecule has 2 N–H and O–H groups in total. The molecule has 1 amide bonds. The van der Waals surface area contributed by atoms with E-state index in [1.54, 1.807) is 41.1 Å². The number of esters is 1. The quantitative estimate of drug-likeness (QED) is 0.0929. The Balaban J connectivity index is 1.41. The van der Waals surface area contributed by atoms with Gasteiger partial charge in [0.1, 0.15) is 30.1 Å². The summed E-state index contributed by atoms with van der Waals surface area (Å²) < 4.78 is 36.4. The molecule has 14 heteroatoms. The highest BCUT2D eigenvalue weighted by atomic mass is 16.6. The molecule has 15 atom stereocenters. The predicted molar refractivity (Wildman–Crippen MR) is 284 cm³/mol. The van der Waals surface area contributed by atoms with Crippen LogP contribution in [0.15, 0.2) is 77.9 Å². The zero-order valence-corrected chi connectivity index (χ0v) is 46.1. The number of nitrogens with zero attached hydrogens (tertiary/aromatic N) is 1. The lowest BCUT2D eigenvalue weighted by molar-refractivity contribution is -0.265. The molecule has 5 rings (SSSR count). The van der Waals surface area contributed by atoms with Crippen LogP contribution in [0.25, 0.3) is 0 Å². The summed E-state index contributed by atoms with van der Waals surface area (Å²) in [5.74, 6) is -7.80. The van der Waals surface area contributed by atoms with Gasteiger partial charge in [-0.2, -0.15) is 0 Å². The number of allylic oxidation sites excluding steroid dienone is 6. The van der Waals surface area contributed by atoms with Crippen molar-refractivity contribution in [1.82, 2.24) is 4.90 Å². The maximum atomic E-state index is 14.6. The predicted octanol–water partition coefficient (Wildman–Crippen LogP) is 8.84. The topological polar surface area (TPSA) is 184 Å². The monoisotopic (exact) mass is 1030 g/mol. The standard InChI is InChI=1S/C60H89NO13/c1-38-20-13-11-14-21-39(2)51(69-8)36-47-28-26-44(7)60(68,74-47)57(65)58(66)61-30-18-17-25-48(61)59(67)73-52(37-49(62)40(3)33-43(6)55(64)56(71-10)54(63)42(5)32-38)41(4)34-46-27-29-50(53(35-46)70-9)72-31-19-24-45-22-15-12-16-23-45/h11-16,20-23,33,38,40-42,44,46-48,50-53,55-56,64,68H,17-19,24-32,34-37H2,1-10H3/b14-11+,20-13+,39-21+,43-33+/t38-,40-,41?,42-,44-,46+,47+,48+,50-,51+,52+,53-,55-,56+,60-/m1/s1. The van der Waals surface area contributed by atoms with E-state index >= 15 is 0 Å². The van der Waals surface area contributed by atoms with Crippen LogP contribution >= 0.6 is 0 Å². The van der Waals surface area contributed by atoms with Gasteiger partial charge in [0.2, 0.25) is 5.79 Å². The highest BCUT2D eigenvalue weighted by Gasteiger charge is 2.53. The number of hydrogen-bond acceptors (Lipinski definition) is 13. The third-order valence-corrected chi connectivity index (χ3v) is 16.2. The molecule has 74 heavy (non-hydrogen) atoms. The van der Waals surface area contributed by atoms with Gasteiger partial charge in [0, 0.05) is 65.1 Å². The first-order valence-electron chi connectivity index (χ1n) is 27.5. The molecule has 1 aliphatic carbocycles. The minimum absolute atomic E-state index is 0.0190. The fourth-order valence-electron chi connectivity index (χ4n) is 11.4. The van der Waals surface area contributed by atoms with Crippen molar-refractivity contribution < 1.29 is 62.6 Å². The lowest BCUT2D eigenvalue weighted by Crippen LogP contribution is -2.61. The summed E-state index contributed by atoms with van der Waals surface area (Å²) in [4.78, 5) is 72.7. The lowest BCUT2D eigenvalue weighted by Gasteiger charge is -2.42. The van der Waals surface area contributed by atoms with Gasteiger partial charge in [-0.25, -0.2) is 4.79 Å². The number of Topliss-reactive ketones (excluding diaryl/α,β-unsaturated/α-hetero) is 3. The van der Waals surface area contributed by atoms with Crippen molar-refractivity contribution in [2.45, 2.75) is 193 Å². The summed E-state index contributed by atoms with van der Waals surface area (Å²) in [5.41, 5.74) is 2.55. The number of benzene rings is 1. The molecule has 0 spiro atoms. The number of hydrogen-bond donors (Lipinski definition) is 2. The molecule has 1 saturated carbocycles. The number of carbonyl (C=O) groups is 5. The van der Waals surface area contributed by atoms with Crippen LogP contribution < -0.4 is 0 Å². The van der Waals surface area contributed by atoms with E-state index < -0.39 is 77.8 Å². The van der Waals surface area contributed by atoms with Crippen LogP contribution in [0.2, 0.25) is 0 Å². The molecule has 3 aliphatic heterocycles. The zero-order valence-electron chi connectivity index (χ0n) is 46.1. The normalized spacial score (nSPS) is 36.9. The van der Waals surface area contributed by atoms with E-state index in [4.69, 9.17) is 28.4 Å². The van der Waals surface area contributed by atoms with Crippen LogP contribution in [0.5, 0.6) is 0 Å². The number of aliphatic hydroxyl groups is 2. The van der Waals surface area contributed by atoms with Crippen LogP contribution in [-0.2, 0) is 58.8 Å². The van der Waals surface area contributed by atoms with Crippen molar-refractivity contribution in [3.63, 3.8) is 0 Å². The largest absolute Gasteiger partial charge is 0.460 e. The van der Waals surface area contributed by atoms with Gasteiger partial charge < -0.3 is 43.5 Å². The summed E-state index contributed by atoms with van der Waals surface area (Å²) in [6.07, 6.45) is 14.4. The van der Waals surface area contributed by atoms with Crippen LogP contribution in [0.1, 0.15) is 138 Å². The number of aliphatic hydroxyl groups excluding tert-OH is 1. The van der Waals surface area contributed by atoms with Crippen LogP contribution in [0, 0.1) is 35.5 Å². The van der Waals surface area contributed by atoms with Crippen molar-refractivity contribution >= 4 is 29.2 Å². The van der Waals surface area contributed by atoms with Crippen molar-refractivity contribution in [2.24, 2.45) is 35.5 Å². The summed E-state index contributed by atoms with van der Waals surface area (Å²) >= 11 is 0. The Bertz CT molecular complexity index is 2120. The third kappa shape index (κ3) is 16.7. The fourth-order valence-corrected chi connectivity index (χ4v) is 11.4. The fraction of sp³-hybridized carbons (Fsp3) is 0.683. The second-order valence-corrected chi connectivity index (χ2v) is 22.0. The average molecular weight is 1030 g/mol. The number of amides is 1. The summed E-state index contributed by atoms with van der Waals surface area (Å²) in [7, 11) is 4.68. The van der Waals surface area contributed by atoms with E-state index in [2.05, 4.69) is 12.1 Å². The molecule has 0 aromatic heterocycles. The molecule has 14 nitrogen and oxygen atoms in total. The minimum atomic E-state index is -2.43. The van der Waals surface area contributed by atoms with Crippen LogP contribution in [0.4, 0.5) is 0 Å². The van der Waals surface area contributed by atoms with Gasteiger partial charge in [-0.05, 0) is 125 Å². The molecule has 3 heterocycles. The first kappa shape index (κ1) is 60.7. The van der Waals surface area contributed by atoms with E-state index in [9.17, 15) is 34.2 Å². The molecular formula is C60H89NO13.